The summed E-state index contributed by atoms with van der Waals surface area (Å²) in [6.45, 7) is 8.47. The predicted molar refractivity (Wildman–Crippen MR) is 142 cm³/mol. The average molecular weight is 511 g/mol. The van der Waals surface area contributed by atoms with Gasteiger partial charge in [0.05, 0.1) is 27.4 Å². The van der Waals surface area contributed by atoms with Crippen molar-refractivity contribution in [3.8, 4) is 17.2 Å². The highest BCUT2D eigenvalue weighted by Crippen LogP contribution is 2.32. The number of carbonyl (C=O) groups excluding carboxylic acids is 2. The lowest BCUT2D eigenvalue weighted by Crippen LogP contribution is -2.49. The highest BCUT2D eigenvalue weighted by molar-refractivity contribution is 7.09. The van der Waals surface area contributed by atoms with Crippen molar-refractivity contribution >= 4 is 23.2 Å². The molecule has 1 aromatic heterocycles. The Bertz CT molecular complexity index is 1150. The lowest BCUT2D eigenvalue weighted by Gasteiger charge is -2.33. The highest BCUT2D eigenvalue weighted by atomic mass is 32.1. The molecule has 192 valence electrons. The molecule has 0 aliphatic carbocycles. The van der Waals surface area contributed by atoms with Gasteiger partial charge in [-0.2, -0.15) is 0 Å². The molecular formula is C28H34N2O5S. The van der Waals surface area contributed by atoms with Crippen LogP contribution in [0.2, 0.25) is 0 Å². The van der Waals surface area contributed by atoms with Crippen LogP contribution in [-0.2, 0) is 11.3 Å². The van der Waals surface area contributed by atoms with Gasteiger partial charge in [0.1, 0.15) is 11.8 Å². The van der Waals surface area contributed by atoms with E-state index < -0.39 is 11.6 Å². The fourth-order valence-corrected chi connectivity index (χ4v) is 4.51. The Kier molecular flexibility index (Phi) is 8.98. The van der Waals surface area contributed by atoms with Crippen LogP contribution in [0.1, 0.15) is 54.5 Å². The van der Waals surface area contributed by atoms with Gasteiger partial charge in [-0.1, -0.05) is 18.2 Å². The fraction of sp³-hybridized carbons (Fsp3) is 0.357. The average Bonchev–Trinajstić information content (AvgIpc) is 3.36. The zero-order valence-corrected chi connectivity index (χ0v) is 22.5. The minimum absolute atomic E-state index is 0.264. The van der Waals surface area contributed by atoms with E-state index in [1.807, 2.05) is 69.5 Å². The van der Waals surface area contributed by atoms with Crippen LogP contribution in [0, 0.1) is 0 Å². The normalized spacial score (nSPS) is 11.9. The van der Waals surface area contributed by atoms with E-state index in [9.17, 15) is 9.59 Å². The standard InChI is InChI=1S/C28H34N2O5S/c1-7-35-21-13-10-19(11-14-21)25(26(31)29-28(2,3)4)30(18-22-9-8-16-36-22)27(32)20-12-15-23(33-5)24(17-20)34-6/h8-17,25H,7,18H2,1-6H3,(H,29,31)/t25-/m0/s1. The van der Waals surface area contributed by atoms with Gasteiger partial charge in [-0.25, -0.2) is 0 Å². The first kappa shape index (κ1) is 27.1. The molecule has 2 aromatic carbocycles. The Morgan fingerprint density at radius 2 is 1.69 bits per heavy atom. The molecule has 0 aliphatic heterocycles. The summed E-state index contributed by atoms with van der Waals surface area (Å²) < 4.78 is 16.3. The van der Waals surface area contributed by atoms with Crippen molar-refractivity contribution in [1.29, 1.82) is 0 Å². The number of nitrogens with one attached hydrogen (secondary N) is 1. The van der Waals surface area contributed by atoms with Crippen LogP contribution < -0.4 is 19.5 Å². The molecule has 0 saturated heterocycles. The number of hydrogen-bond donors (Lipinski definition) is 1. The van der Waals surface area contributed by atoms with E-state index in [1.54, 1.807) is 30.2 Å². The van der Waals surface area contributed by atoms with Crippen molar-refractivity contribution < 1.29 is 23.8 Å². The minimum atomic E-state index is -0.873. The van der Waals surface area contributed by atoms with Crippen LogP contribution in [-0.4, -0.2) is 43.1 Å². The summed E-state index contributed by atoms with van der Waals surface area (Å²) in [6.07, 6.45) is 0. The lowest BCUT2D eigenvalue weighted by molar-refractivity contribution is -0.127. The zero-order valence-electron chi connectivity index (χ0n) is 21.7. The molecule has 7 nitrogen and oxygen atoms in total. The van der Waals surface area contributed by atoms with Gasteiger partial charge in [0.2, 0.25) is 5.91 Å². The van der Waals surface area contributed by atoms with Crippen LogP contribution >= 0.6 is 11.3 Å². The van der Waals surface area contributed by atoms with Crippen molar-refractivity contribution in [3.05, 3.63) is 76.0 Å². The first-order chi connectivity index (χ1) is 17.2. The summed E-state index contributed by atoms with van der Waals surface area (Å²) >= 11 is 1.53. The van der Waals surface area contributed by atoms with Crippen molar-refractivity contribution in [2.75, 3.05) is 20.8 Å². The second kappa shape index (κ2) is 11.9. The van der Waals surface area contributed by atoms with E-state index in [0.717, 1.165) is 4.88 Å². The molecule has 3 rings (SSSR count). The SMILES string of the molecule is CCOc1ccc([C@@H](C(=O)NC(C)(C)C)N(Cc2cccs2)C(=O)c2ccc(OC)c(OC)c2)cc1. The Hall–Kier alpha value is -3.52. The molecule has 1 atom stereocenters. The number of carbonyl (C=O) groups is 2. The maximum atomic E-state index is 14.0. The zero-order chi connectivity index (χ0) is 26.3. The number of ether oxygens (including phenoxy) is 3. The molecule has 1 heterocycles. The molecule has 0 saturated carbocycles. The first-order valence-corrected chi connectivity index (χ1v) is 12.6. The van der Waals surface area contributed by atoms with Gasteiger partial charge >= 0.3 is 0 Å². The number of nitrogens with zero attached hydrogens (tertiary/aromatic N) is 1. The Morgan fingerprint density at radius 3 is 2.25 bits per heavy atom. The summed E-state index contributed by atoms with van der Waals surface area (Å²) in [5.41, 5.74) is 0.593. The van der Waals surface area contributed by atoms with Crippen LogP contribution in [0.5, 0.6) is 17.2 Å². The van der Waals surface area contributed by atoms with Crippen LogP contribution in [0.3, 0.4) is 0 Å². The van der Waals surface area contributed by atoms with E-state index >= 15 is 0 Å². The third-order valence-electron chi connectivity index (χ3n) is 5.36. The largest absolute Gasteiger partial charge is 0.494 e. The molecule has 0 unspecified atom stereocenters. The van der Waals surface area contributed by atoms with Crippen molar-refractivity contribution in [2.45, 2.75) is 45.8 Å². The molecule has 36 heavy (non-hydrogen) atoms. The third-order valence-corrected chi connectivity index (χ3v) is 6.22. The number of hydrogen-bond acceptors (Lipinski definition) is 6. The number of thiophene rings is 1. The van der Waals surface area contributed by atoms with Gasteiger partial charge < -0.3 is 24.4 Å². The molecule has 0 spiro atoms. The first-order valence-electron chi connectivity index (χ1n) is 11.8. The molecule has 1 N–H and O–H groups in total. The van der Waals surface area contributed by atoms with Gasteiger partial charge in [0.25, 0.3) is 5.91 Å². The monoisotopic (exact) mass is 510 g/mol. The van der Waals surface area contributed by atoms with Crippen LogP contribution in [0.4, 0.5) is 0 Å². The number of methoxy groups -OCH3 is 2. The van der Waals surface area contributed by atoms with Crippen LogP contribution in [0.15, 0.2) is 60.0 Å². The maximum Gasteiger partial charge on any atom is 0.255 e. The summed E-state index contributed by atoms with van der Waals surface area (Å²) in [5.74, 6) is 1.10. The molecule has 2 amide bonds. The molecular weight excluding hydrogens is 476 g/mol. The number of amides is 2. The molecule has 0 radical (unpaired) electrons. The quantitative estimate of drug-likeness (QED) is 0.392. The van der Waals surface area contributed by atoms with Crippen molar-refractivity contribution in [3.63, 3.8) is 0 Å². The molecule has 0 bridgehead atoms. The molecule has 0 aliphatic rings. The molecule has 0 fully saturated rings. The van der Waals surface area contributed by atoms with E-state index in [0.29, 0.717) is 35.0 Å². The summed E-state index contributed by atoms with van der Waals surface area (Å²) in [5, 5.41) is 5.01. The Labute approximate surface area is 217 Å². The van der Waals surface area contributed by atoms with Crippen molar-refractivity contribution in [1.82, 2.24) is 10.2 Å². The lowest BCUT2D eigenvalue weighted by atomic mass is 10.00. The highest BCUT2D eigenvalue weighted by Gasteiger charge is 2.34. The van der Waals surface area contributed by atoms with E-state index in [-0.39, 0.29) is 18.4 Å². The molecule has 8 heteroatoms. The van der Waals surface area contributed by atoms with E-state index in [2.05, 4.69) is 5.32 Å². The minimum Gasteiger partial charge on any atom is -0.494 e. The summed E-state index contributed by atoms with van der Waals surface area (Å²) in [7, 11) is 3.07. The number of rotatable bonds is 10. The number of benzene rings is 2. The Balaban J connectivity index is 2.11. The fourth-order valence-electron chi connectivity index (χ4n) is 3.81. The summed E-state index contributed by atoms with van der Waals surface area (Å²) in [6, 6.07) is 15.3. The summed E-state index contributed by atoms with van der Waals surface area (Å²) in [4.78, 5) is 30.3. The van der Waals surface area contributed by atoms with Gasteiger partial charge in [0.15, 0.2) is 11.5 Å². The second-order valence-electron chi connectivity index (χ2n) is 9.23. The third kappa shape index (κ3) is 6.79. The smallest absolute Gasteiger partial charge is 0.255 e. The van der Waals surface area contributed by atoms with Gasteiger partial charge in [0, 0.05) is 16.0 Å². The van der Waals surface area contributed by atoms with E-state index in [1.165, 1.54) is 18.4 Å². The second-order valence-corrected chi connectivity index (χ2v) is 10.3. The van der Waals surface area contributed by atoms with Gasteiger partial charge in [-0.05, 0) is 75.0 Å². The van der Waals surface area contributed by atoms with Crippen molar-refractivity contribution in [2.24, 2.45) is 0 Å². The Morgan fingerprint density at radius 1 is 1.00 bits per heavy atom. The van der Waals surface area contributed by atoms with Gasteiger partial charge in [-0.3, -0.25) is 9.59 Å². The molecule has 3 aromatic rings. The van der Waals surface area contributed by atoms with E-state index in [4.69, 9.17) is 14.2 Å². The van der Waals surface area contributed by atoms with Crippen LogP contribution in [0.25, 0.3) is 0 Å². The maximum absolute atomic E-state index is 14.0. The van der Waals surface area contributed by atoms with Gasteiger partial charge in [-0.15, -0.1) is 11.3 Å². The topological polar surface area (TPSA) is 77.1 Å². The predicted octanol–water partition coefficient (Wildman–Crippen LogP) is 5.46.